The highest BCUT2D eigenvalue weighted by molar-refractivity contribution is 9.10. The van der Waals surface area contributed by atoms with Gasteiger partial charge in [0.25, 0.3) is 0 Å². The molecule has 0 spiro atoms. The second kappa shape index (κ2) is 4.97. The molecule has 3 atom stereocenters. The minimum Gasteiger partial charge on any atom is -0.444 e. The Labute approximate surface area is 143 Å². The van der Waals surface area contributed by atoms with E-state index < -0.39 is 5.60 Å². The van der Waals surface area contributed by atoms with Gasteiger partial charge >= 0.3 is 6.09 Å². The summed E-state index contributed by atoms with van der Waals surface area (Å²) in [6, 6.07) is 6.27. The van der Waals surface area contributed by atoms with Crippen LogP contribution < -0.4 is 0 Å². The molecule has 2 heterocycles. The van der Waals surface area contributed by atoms with Gasteiger partial charge < -0.3 is 9.72 Å². The van der Waals surface area contributed by atoms with Gasteiger partial charge in [0.2, 0.25) is 0 Å². The van der Waals surface area contributed by atoms with E-state index in [1.54, 1.807) is 0 Å². The Kier molecular flexibility index (Phi) is 3.24. The lowest BCUT2D eigenvalue weighted by Crippen LogP contribution is -2.38. The summed E-state index contributed by atoms with van der Waals surface area (Å²) in [6.45, 7) is 5.71. The number of aromatic nitrogens is 2. The molecule has 1 aromatic heterocycles. The van der Waals surface area contributed by atoms with Crippen LogP contribution in [0.5, 0.6) is 0 Å². The number of benzene rings is 1. The van der Waals surface area contributed by atoms with E-state index in [1.165, 1.54) is 0 Å². The highest BCUT2D eigenvalue weighted by Crippen LogP contribution is 2.53. The SMILES string of the molecule is CC(C)(C)OC(=O)N1C(c2nc3ccc(Br)cc3[nH]2)CC2CC21. The summed E-state index contributed by atoms with van der Waals surface area (Å²) in [5.74, 6) is 1.45. The van der Waals surface area contributed by atoms with E-state index in [2.05, 4.69) is 20.9 Å². The van der Waals surface area contributed by atoms with Crippen LogP contribution in [0.1, 0.15) is 45.5 Å². The summed E-state index contributed by atoms with van der Waals surface area (Å²) >= 11 is 3.48. The van der Waals surface area contributed by atoms with Crippen molar-refractivity contribution in [3.8, 4) is 0 Å². The van der Waals surface area contributed by atoms with Crippen LogP contribution in [0.15, 0.2) is 22.7 Å². The summed E-state index contributed by atoms with van der Waals surface area (Å²) in [6.07, 6.45) is 1.82. The molecule has 2 aromatic rings. The highest BCUT2D eigenvalue weighted by Gasteiger charge is 2.56. The van der Waals surface area contributed by atoms with Crippen molar-refractivity contribution >= 4 is 33.1 Å². The van der Waals surface area contributed by atoms with E-state index in [-0.39, 0.29) is 12.1 Å². The largest absolute Gasteiger partial charge is 0.444 e. The van der Waals surface area contributed by atoms with Gasteiger partial charge in [-0.3, -0.25) is 4.90 Å². The molecule has 0 bridgehead atoms. The molecule has 23 heavy (non-hydrogen) atoms. The maximum atomic E-state index is 12.6. The maximum absolute atomic E-state index is 12.6. The van der Waals surface area contributed by atoms with Crippen molar-refractivity contribution < 1.29 is 9.53 Å². The number of nitrogens with one attached hydrogen (secondary N) is 1. The van der Waals surface area contributed by atoms with Crippen LogP contribution >= 0.6 is 15.9 Å². The molecule has 1 N–H and O–H groups in total. The zero-order valence-corrected chi connectivity index (χ0v) is 15.1. The summed E-state index contributed by atoms with van der Waals surface area (Å²) in [5, 5.41) is 0. The number of imidazole rings is 1. The van der Waals surface area contributed by atoms with Crippen LogP contribution in [0.3, 0.4) is 0 Å². The van der Waals surface area contributed by atoms with Gasteiger partial charge in [0, 0.05) is 10.5 Å². The Hall–Kier alpha value is -1.56. The summed E-state index contributed by atoms with van der Waals surface area (Å²) in [5.41, 5.74) is 1.43. The third-order valence-corrected chi connectivity index (χ3v) is 4.98. The molecule has 2 aliphatic rings. The molecular weight excluding hydrogens is 358 g/mol. The minimum absolute atomic E-state index is 0.0141. The number of aromatic amines is 1. The number of nitrogens with zero attached hydrogens (tertiary/aromatic N) is 2. The lowest BCUT2D eigenvalue weighted by Gasteiger charge is -2.29. The minimum atomic E-state index is -0.479. The van der Waals surface area contributed by atoms with Crippen LogP contribution in [-0.2, 0) is 4.74 Å². The molecular formula is C17H20BrN3O2. The number of carbonyl (C=O) groups excluding carboxylic acids is 1. The topological polar surface area (TPSA) is 58.2 Å². The molecule has 2 fully saturated rings. The Morgan fingerprint density at radius 1 is 1.39 bits per heavy atom. The fraction of sp³-hybridized carbons (Fsp3) is 0.529. The third kappa shape index (κ3) is 2.73. The second-order valence-electron chi connectivity index (χ2n) is 7.49. The maximum Gasteiger partial charge on any atom is 0.411 e. The summed E-state index contributed by atoms with van der Waals surface area (Å²) in [4.78, 5) is 22.6. The summed E-state index contributed by atoms with van der Waals surface area (Å²) in [7, 11) is 0. The smallest absolute Gasteiger partial charge is 0.411 e. The quantitative estimate of drug-likeness (QED) is 0.801. The standard InChI is InChI=1S/C17H20BrN3O2/c1-17(2,3)23-16(22)21-13-6-9(13)7-14(21)15-19-11-5-4-10(18)8-12(11)20-15/h4-5,8-9,13-14H,6-7H2,1-3H3,(H,19,20). The number of H-pyrrole nitrogens is 1. The molecule has 1 saturated heterocycles. The molecule has 5 nitrogen and oxygen atoms in total. The normalized spacial score (nSPS) is 26.4. The van der Waals surface area contributed by atoms with Gasteiger partial charge in [0.15, 0.2) is 0 Å². The average molecular weight is 378 g/mol. The monoisotopic (exact) mass is 377 g/mol. The van der Waals surface area contributed by atoms with Crippen molar-refractivity contribution in [3.05, 3.63) is 28.5 Å². The number of rotatable bonds is 1. The van der Waals surface area contributed by atoms with E-state index in [0.29, 0.717) is 12.0 Å². The van der Waals surface area contributed by atoms with E-state index in [1.807, 2.05) is 43.9 Å². The number of ether oxygens (including phenoxy) is 1. The van der Waals surface area contributed by atoms with Crippen molar-refractivity contribution in [1.82, 2.24) is 14.9 Å². The van der Waals surface area contributed by atoms with Crippen molar-refractivity contribution in [2.75, 3.05) is 0 Å². The first-order chi connectivity index (χ1) is 10.8. The predicted octanol–water partition coefficient (Wildman–Crippen LogP) is 4.40. The molecule has 6 heteroatoms. The van der Waals surface area contributed by atoms with Crippen molar-refractivity contribution in [2.45, 2.75) is 51.3 Å². The molecule has 1 aliphatic heterocycles. The van der Waals surface area contributed by atoms with Crippen molar-refractivity contribution in [3.63, 3.8) is 0 Å². The van der Waals surface area contributed by atoms with Crippen LogP contribution in [0.2, 0.25) is 0 Å². The third-order valence-electron chi connectivity index (χ3n) is 4.49. The van der Waals surface area contributed by atoms with Crippen molar-refractivity contribution in [1.29, 1.82) is 0 Å². The van der Waals surface area contributed by atoms with Gasteiger partial charge in [-0.2, -0.15) is 0 Å². The predicted molar refractivity (Wildman–Crippen MR) is 91.1 cm³/mol. The first-order valence-electron chi connectivity index (χ1n) is 7.98. The van der Waals surface area contributed by atoms with E-state index in [4.69, 9.17) is 9.72 Å². The average Bonchev–Trinajstić information content (AvgIpc) is 2.92. The number of hydrogen-bond acceptors (Lipinski definition) is 3. The molecule has 0 radical (unpaired) electrons. The number of fused-ring (bicyclic) bond motifs is 2. The van der Waals surface area contributed by atoms with E-state index >= 15 is 0 Å². The molecule has 1 saturated carbocycles. The molecule has 1 amide bonds. The zero-order chi connectivity index (χ0) is 16.4. The Bertz CT molecular complexity index is 780. The van der Waals surface area contributed by atoms with Crippen LogP contribution in [0.4, 0.5) is 4.79 Å². The summed E-state index contributed by atoms with van der Waals surface area (Å²) < 4.78 is 6.61. The van der Waals surface area contributed by atoms with Crippen LogP contribution in [-0.4, -0.2) is 32.6 Å². The lowest BCUT2D eigenvalue weighted by molar-refractivity contribution is 0.0175. The lowest BCUT2D eigenvalue weighted by atomic mass is 10.1. The van der Waals surface area contributed by atoms with Gasteiger partial charge in [-0.05, 0) is 57.7 Å². The number of amides is 1. The molecule has 1 aliphatic carbocycles. The van der Waals surface area contributed by atoms with Gasteiger partial charge in [-0.15, -0.1) is 0 Å². The molecule has 1 aromatic carbocycles. The fourth-order valence-corrected chi connectivity index (χ4v) is 3.80. The van der Waals surface area contributed by atoms with E-state index in [0.717, 1.165) is 34.2 Å². The molecule has 122 valence electrons. The fourth-order valence-electron chi connectivity index (χ4n) is 3.44. The van der Waals surface area contributed by atoms with Gasteiger partial charge in [0.1, 0.15) is 11.4 Å². The molecule has 3 unspecified atom stereocenters. The molecule has 4 rings (SSSR count). The van der Waals surface area contributed by atoms with Gasteiger partial charge in [0.05, 0.1) is 17.1 Å². The zero-order valence-electron chi connectivity index (χ0n) is 13.5. The number of carbonyl (C=O) groups is 1. The Morgan fingerprint density at radius 3 is 2.91 bits per heavy atom. The Morgan fingerprint density at radius 2 is 2.17 bits per heavy atom. The first kappa shape index (κ1) is 15.0. The van der Waals surface area contributed by atoms with Crippen LogP contribution in [0.25, 0.3) is 11.0 Å². The van der Waals surface area contributed by atoms with Crippen LogP contribution in [0, 0.1) is 5.92 Å². The number of halogens is 1. The number of hydrogen-bond donors (Lipinski definition) is 1. The van der Waals surface area contributed by atoms with Gasteiger partial charge in [-0.1, -0.05) is 15.9 Å². The number of piperidine rings is 1. The van der Waals surface area contributed by atoms with Crippen molar-refractivity contribution in [2.24, 2.45) is 5.92 Å². The van der Waals surface area contributed by atoms with Gasteiger partial charge in [-0.25, -0.2) is 9.78 Å². The second-order valence-corrected chi connectivity index (χ2v) is 8.40. The first-order valence-corrected chi connectivity index (χ1v) is 8.77. The number of likely N-dealkylation sites (tertiary alicyclic amines) is 1. The highest BCUT2D eigenvalue weighted by atomic mass is 79.9. The van der Waals surface area contributed by atoms with E-state index in [9.17, 15) is 4.79 Å². The Balaban J connectivity index is 1.65.